The van der Waals surface area contributed by atoms with E-state index < -0.39 is 27.6 Å². The van der Waals surface area contributed by atoms with Crippen molar-refractivity contribution >= 4 is 10.0 Å². The maximum atomic E-state index is 13.8. The largest absolute Gasteiger partial charge is 0.416 e. The number of halogens is 4. The van der Waals surface area contributed by atoms with Crippen LogP contribution in [0.5, 0.6) is 0 Å². The van der Waals surface area contributed by atoms with Gasteiger partial charge in [-0.15, -0.1) is 0 Å². The molecule has 0 spiro atoms. The Morgan fingerprint density at radius 2 is 1.59 bits per heavy atom. The van der Waals surface area contributed by atoms with Crippen molar-refractivity contribution in [1.29, 1.82) is 0 Å². The second-order valence-corrected chi connectivity index (χ2v) is 8.22. The molecule has 0 bridgehead atoms. The second-order valence-electron chi connectivity index (χ2n) is 6.31. The van der Waals surface area contributed by atoms with E-state index in [4.69, 9.17) is 0 Å². The van der Waals surface area contributed by atoms with E-state index >= 15 is 0 Å². The summed E-state index contributed by atoms with van der Waals surface area (Å²) in [5.41, 5.74) is -0.198. The molecule has 27 heavy (non-hydrogen) atoms. The maximum Gasteiger partial charge on any atom is 0.416 e. The van der Waals surface area contributed by atoms with E-state index in [-0.39, 0.29) is 24.5 Å². The number of nitrogens with zero attached hydrogens (tertiary/aromatic N) is 2. The lowest BCUT2D eigenvalue weighted by atomic mass is 10.1. The minimum absolute atomic E-state index is 0.148. The van der Waals surface area contributed by atoms with E-state index in [1.165, 1.54) is 28.6 Å². The molecule has 0 atom stereocenters. The first-order valence-corrected chi connectivity index (χ1v) is 9.75. The van der Waals surface area contributed by atoms with E-state index in [9.17, 15) is 26.0 Å². The van der Waals surface area contributed by atoms with Crippen LogP contribution in [-0.2, 0) is 22.7 Å². The molecule has 9 heteroatoms. The Balaban J connectivity index is 1.65. The molecule has 1 aliphatic rings. The highest BCUT2D eigenvalue weighted by Gasteiger charge is 2.32. The summed E-state index contributed by atoms with van der Waals surface area (Å²) in [6, 6.07) is 10.3. The van der Waals surface area contributed by atoms with Crippen LogP contribution in [0.2, 0.25) is 0 Å². The number of hydrogen-bond donors (Lipinski definition) is 0. The Kier molecular flexibility index (Phi) is 5.55. The van der Waals surface area contributed by atoms with Gasteiger partial charge in [0.15, 0.2) is 0 Å². The smallest absolute Gasteiger partial charge is 0.296 e. The van der Waals surface area contributed by atoms with Crippen molar-refractivity contribution in [3.05, 3.63) is 65.5 Å². The van der Waals surface area contributed by atoms with Crippen molar-refractivity contribution in [2.24, 2.45) is 0 Å². The first kappa shape index (κ1) is 19.8. The summed E-state index contributed by atoms with van der Waals surface area (Å²) in [5.74, 6) is -0.802. The molecule has 0 N–H and O–H groups in total. The molecule has 2 aromatic rings. The fourth-order valence-corrected chi connectivity index (χ4v) is 4.51. The molecule has 1 heterocycles. The average molecular weight is 402 g/mol. The third-order valence-corrected chi connectivity index (χ3v) is 6.38. The average Bonchev–Trinajstić information content (AvgIpc) is 2.62. The van der Waals surface area contributed by atoms with Crippen LogP contribution in [0.25, 0.3) is 0 Å². The number of benzene rings is 2. The summed E-state index contributed by atoms with van der Waals surface area (Å²) < 4.78 is 78.6. The molecule has 1 aliphatic heterocycles. The number of rotatable bonds is 4. The lowest BCUT2D eigenvalue weighted by Crippen LogP contribution is -2.48. The van der Waals surface area contributed by atoms with Crippen LogP contribution in [0.3, 0.4) is 0 Å². The highest BCUT2D eigenvalue weighted by Crippen LogP contribution is 2.30. The zero-order valence-corrected chi connectivity index (χ0v) is 15.1. The van der Waals surface area contributed by atoms with Crippen LogP contribution in [0, 0.1) is 5.82 Å². The van der Waals surface area contributed by atoms with Gasteiger partial charge in [-0.2, -0.15) is 17.5 Å². The van der Waals surface area contributed by atoms with Gasteiger partial charge in [-0.1, -0.05) is 30.3 Å². The first-order valence-electron chi connectivity index (χ1n) is 8.31. The Hall–Kier alpha value is -1.97. The molecule has 0 amide bonds. The minimum atomic E-state index is -4.40. The summed E-state index contributed by atoms with van der Waals surface area (Å²) in [6.45, 7) is 1.29. The quantitative estimate of drug-likeness (QED) is 0.737. The zero-order chi connectivity index (χ0) is 19.7. The van der Waals surface area contributed by atoms with E-state index in [0.29, 0.717) is 18.7 Å². The monoisotopic (exact) mass is 402 g/mol. The van der Waals surface area contributed by atoms with Gasteiger partial charge >= 0.3 is 6.18 Å². The molecule has 146 valence electrons. The number of piperazine rings is 1. The van der Waals surface area contributed by atoms with Gasteiger partial charge in [-0.25, -0.2) is 12.8 Å². The van der Waals surface area contributed by atoms with Crippen LogP contribution in [0.4, 0.5) is 17.6 Å². The van der Waals surface area contributed by atoms with E-state index in [1.807, 2.05) is 4.90 Å². The number of alkyl halides is 3. The fourth-order valence-electron chi connectivity index (χ4n) is 3.03. The Bertz CT molecular complexity index is 908. The van der Waals surface area contributed by atoms with Crippen LogP contribution in [0.1, 0.15) is 11.1 Å². The number of sulfonamides is 1. The predicted octanol–water partition coefficient (Wildman–Crippen LogP) is 3.35. The maximum absolute atomic E-state index is 13.8. The Morgan fingerprint density at radius 3 is 2.22 bits per heavy atom. The molecule has 0 aliphatic carbocycles. The Morgan fingerprint density at radius 1 is 0.926 bits per heavy atom. The van der Waals surface area contributed by atoms with Crippen molar-refractivity contribution in [3.8, 4) is 0 Å². The van der Waals surface area contributed by atoms with Crippen molar-refractivity contribution in [2.75, 3.05) is 26.2 Å². The van der Waals surface area contributed by atoms with Gasteiger partial charge in [0, 0.05) is 32.7 Å². The van der Waals surface area contributed by atoms with Crippen LogP contribution >= 0.6 is 0 Å². The second kappa shape index (κ2) is 7.57. The van der Waals surface area contributed by atoms with Crippen LogP contribution in [-0.4, -0.2) is 43.8 Å². The SMILES string of the molecule is O=S(=O)(c1ccccc1F)N1CCN(Cc2cccc(C(F)(F)F)c2)CC1. The molecule has 1 saturated heterocycles. The highest BCUT2D eigenvalue weighted by atomic mass is 32.2. The lowest BCUT2D eigenvalue weighted by molar-refractivity contribution is -0.137. The normalized spacial score (nSPS) is 17.2. The van der Waals surface area contributed by atoms with E-state index in [1.54, 1.807) is 6.07 Å². The summed E-state index contributed by atoms with van der Waals surface area (Å²) in [6.07, 6.45) is -4.40. The topological polar surface area (TPSA) is 40.6 Å². The highest BCUT2D eigenvalue weighted by molar-refractivity contribution is 7.89. The summed E-state index contributed by atoms with van der Waals surface area (Å²) in [5, 5.41) is 0. The summed E-state index contributed by atoms with van der Waals surface area (Å²) >= 11 is 0. The van der Waals surface area contributed by atoms with Crippen LogP contribution in [0.15, 0.2) is 53.4 Å². The molecule has 0 aromatic heterocycles. The van der Waals surface area contributed by atoms with Gasteiger partial charge in [-0.05, 0) is 23.8 Å². The van der Waals surface area contributed by atoms with Gasteiger partial charge in [0.05, 0.1) is 5.56 Å². The van der Waals surface area contributed by atoms with Crippen molar-refractivity contribution < 1.29 is 26.0 Å². The molecular formula is C18H18F4N2O2S. The standard InChI is InChI=1S/C18H18F4N2O2S/c19-16-6-1-2-7-17(16)27(25,26)24-10-8-23(9-11-24)13-14-4-3-5-15(12-14)18(20,21)22/h1-7,12H,8-11,13H2. The summed E-state index contributed by atoms with van der Waals surface area (Å²) in [7, 11) is -3.93. The molecule has 0 radical (unpaired) electrons. The molecule has 4 nitrogen and oxygen atoms in total. The van der Waals surface area contributed by atoms with Crippen molar-refractivity contribution in [3.63, 3.8) is 0 Å². The molecule has 1 fully saturated rings. The first-order chi connectivity index (χ1) is 12.7. The van der Waals surface area contributed by atoms with Gasteiger partial charge in [0.2, 0.25) is 10.0 Å². The van der Waals surface area contributed by atoms with Gasteiger partial charge < -0.3 is 0 Å². The van der Waals surface area contributed by atoms with Gasteiger partial charge in [0.25, 0.3) is 0 Å². The molecule has 0 unspecified atom stereocenters. The Labute approximate surface area is 155 Å². The minimum Gasteiger partial charge on any atom is -0.296 e. The predicted molar refractivity (Wildman–Crippen MR) is 91.9 cm³/mol. The summed E-state index contributed by atoms with van der Waals surface area (Å²) in [4.78, 5) is 1.51. The molecular weight excluding hydrogens is 384 g/mol. The van der Waals surface area contributed by atoms with Gasteiger partial charge in [-0.3, -0.25) is 4.90 Å². The molecule has 0 saturated carbocycles. The van der Waals surface area contributed by atoms with Gasteiger partial charge in [0.1, 0.15) is 10.7 Å². The fraction of sp³-hybridized carbons (Fsp3) is 0.333. The van der Waals surface area contributed by atoms with E-state index in [0.717, 1.165) is 18.2 Å². The van der Waals surface area contributed by atoms with Crippen molar-refractivity contribution in [1.82, 2.24) is 9.21 Å². The third-order valence-electron chi connectivity index (χ3n) is 4.45. The lowest BCUT2D eigenvalue weighted by Gasteiger charge is -2.34. The van der Waals surface area contributed by atoms with Crippen molar-refractivity contribution in [2.45, 2.75) is 17.6 Å². The zero-order valence-electron chi connectivity index (χ0n) is 14.3. The molecule has 2 aromatic carbocycles. The third kappa shape index (κ3) is 4.48. The molecule has 3 rings (SSSR count). The van der Waals surface area contributed by atoms with Crippen LogP contribution < -0.4 is 0 Å². The van der Waals surface area contributed by atoms with E-state index in [2.05, 4.69) is 0 Å². The number of hydrogen-bond acceptors (Lipinski definition) is 3.